The number of fused-ring (bicyclic) bond motifs is 1. The summed E-state index contributed by atoms with van der Waals surface area (Å²) < 4.78 is 0.996. The molecule has 29 heavy (non-hydrogen) atoms. The summed E-state index contributed by atoms with van der Waals surface area (Å²) in [6.45, 7) is 0. The van der Waals surface area contributed by atoms with E-state index in [2.05, 4.69) is 51.7 Å². The summed E-state index contributed by atoms with van der Waals surface area (Å²) in [6.07, 6.45) is 0. The molecule has 5 rings (SSSR count). The molecule has 1 amide bonds. The molecule has 0 aliphatic carbocycles. The third-order valence-corrected chi connectivity index (χ3v) is 6.29. The standard InChI is InChI=1S/C23H15N3OS2/c27-21(22-24-18-8-4-5-9-20(18)29-22)26-23-25-19(14-28-23)17-12-10-16(11-13-17)15-6-2-1-3-7-15/h1-14H,(H,25,26,27). The van der Waals surface area contributed by atoms with E-state index in [-0.39, 0.29) is 5.91 Å². The molecular weight excluding hydrogens is 398 g/mol. The number of benzene rings is 3. The predicted octanol–water partition coefficient (Wildman–Crippen LogP) is 6.34. The van der Waals surface area contributed by atoms with E-state index in [1.54, 1.807) is 0 Å². The van der Waals surface area contributed by atoms with E-state index in [1.165, 1.54) is 28.2 Å². The van der Waals surface area contributed by atoms with E-state index in [0.29, 0.717) is 10.1 Å². The van der Waals surface area contributed by atoms with Crippen LogP contribution in [0.5, 0.6) is 0 Å². The van der Waals surface area contributed by atoms with Crippen molar-refractivity contribution in [2.24, 2.45) is 0 Å². The van der Waals surface area contributed by atoms with Crippen LogP contribution in [0.3, 0.4) is 0 Å². The van der Waals surface area contributed by atoms with Crippen LogP contribution in [-0.4, -0.2) is 15.9 Å². The quantitative estimate of drug-likeness (QED) is 0.374. The van der Waals surface area contributed by atoms with Crippen molar-refractivity contribution in [3.63, 3.8) is 0 Å². The van der Waals surface area contributed by atoms with Gasteiger partial charge in [0.25, 0.3) is 5.91 Å². The third-order valence-electron chi connectivity index (χ3n) is 4.50. The van der Waals surface area contributed by atoms with Gasteiger partial charge in [-0.05, 0) is 23.3 Å². The minimum Gasteiger partial charge on any atom is -0.296 e. The lowest BCUT2D eigenvalue weighted by molar-refractivity contribution is 0.102. The highest BCUT2D eigenvalue weighted by atomic mass is 32.1. The molecule has 0 atom stereocenters. The molecule has 5 aromatic rings. The number of nitrogens with zero attached hydrogens (tertiary/aromatic N) is 2. The Balaban J connectivity index is 1.33. The molecule has 6 heteroatoms. The second-order valence-electron chi connectivity index (χ2n) is 6.42. The van der Waals surface area contributed by atoms with Crippen molar-refractivity contribution < 1.29 is 4.79 Å². The Morgan fingerprint density at radius 1 is 0.759 bits per heavy atom. The van der Waals surface area contributed by atoms with Crippen LogP contribution in [0, 0.1) is 0 Å². The zero-order valence-corrected chi connectivity index (χ0v) is 16.8. The summed E-state index contributed by atoms with van der Waals surface area (Å²) in [4.78, 5) is 21.5. The van der Waals surface area contributed by atoms with Crippen LogP contribution < -0.4 is 5.32 Å². The summed E-state index contributed by atoms with van der Waals surface area (Å²) in [5, 5.41) is 5.82. The van der Waals surface area contributed by atoms with Crippen LogP contribution in [0.4, 0.5) is 5.13 Å². The van der Waals surface area contributed by atoms with Crippen LogP contribution >= 0.6 is 22.7 Å². The zero-order chi connectivity index (χ0) is 19.6. The SMILES string of the molecule is O=C(Nc1nc(-c2ccc(-c3ccccc3)cc2)cs1)c1nc2ccccc2s1. The van der Waals surface area contributed by atoms with Gasteiger partial charge in [0.2, 0.25) is 0 Å². The number of hydrogen-bond acceptors (Lipinski definition) is 5. The predicted molar refractivity (Wildman–Crippen MR) is 121 cm³/mol. The van der Waals surface area contributed by atoms with Gasteiger partial charge in [0, 0.05) is 10.9 Å². The van der Waals surface area contributed by atoms with Gasteiger partial charge in [0.15, 0.2) is 10.1 Å². The molecule has 0 spiro atoms. The number of amides is 1. The average Bonchev–Trinajstić information content (AvgIpc) is 3.41. The summed E-state index contributed by atoms with van der Waals surface area (Å²) in [5.74, 6) is -0.230. The van der Waals surface area contributed by atoms with Crippen molar-refractivity contribution in [3.05, 3.63) is 89.3 Å². The molecule has 0 saturated carbocycles. The zero-order valence-electron chi connectivity index (χ0n) is 15.2. The van der Waals surface area contributed by atoms with E-state index in [0.717, 1.165) is 27.0 Å². The Kier molecular flexibility index (Phi) is 4.63. The van der Waals surface area contributed by atoms with E-state index >= 15 is 0 Å². The fourth-order valence-corrected chi connectivity index (χ4v) is 4.62. The molecule has 0 saturated heterocycles. The molecule has 140 valence electrons. The lowest BCUT2D eigenvalue weighted by Crippen LogP contribution is -2.11. The van der Waals surface area contributed by atoms with Crippen LogP contribution in [0.1, 0.15) is 9.80 Å². The summed E-state index contributed by atoms with van der Waals surface area (Å²) >= 11 is 2.79. The fraction of sp³-hybridized carbons (Fsp3) is 0. The molecule has 3 aromatic carbocycles. The Bertz CT molecular complexity index is 1260. The highest BCUT2D eigenvalue weighted by Gasteiger charge is 2.14. The van der Waals surface area contributed by atoms with Gasteiger partial charge in [0.05, 0.1) is 15.9 Å². The molecule has 0 radical (unpaired) electrons. The molecule has 2 heterocycles. The minimum absolute atomic E-state index is 0.230. The number of aromatic nitrogens is 2. The van der Waals surface area contributed by atoms with E-state index in [4.69, 9.17) is 0 Å². The maximum atomic E-state index is 12.5. The molecule has 0 fully saturated rings. The van der Waals surface area contributed by atoms with Crippen molar-refractivity contribution >= 4 is 43.9 Å². The smallest absolute Gasteiger partial charge is 0.286 e. The van der Waals surface area contributed by atoms with Crippen molar-refractivity contribution in [2.75, 3.05) is 5.32 Å². The Morgan fingerprint density at radius 3 is 2.24 bits per heavy atom. The first kappa shape index (κ1) is 17.7. The highest BCUT2D eigenvalue weighted by Crippen LogP contribution is 2.28. The van der Waals surface area contributed by atoms with E-state index in [1.807, 2.05) is 47.8 Å². The Labute approximate surface area is 175 Å². The first-order valence-corrected chi connectivity index (χ1v) is 10.7. The second kappa shape index (κ2) is 7.58. The highest BCUT2D eigenvalue weighted by molar-refractivity contribution is 7.20. The van der Waals surface area contributed by atoms with Gasteiger partial charge in [-0.15, -0.1) is 22.7 Å². The van der Waals surface area contributed by atoms with Gasteiger partial charge in [0.1, 0.15) is 0 Å². The van der Waals surface area contributed by atoms with Crippen LogP contribution in [0.25, 0.3) is 32.6 Å². The number of anilines is 1. The summed E-state index contributed by atoms with van der Waals surface area (Å²) in [5.41, 5.74) is 5.03. The van der Waals surface area contributed by atoms with E-state index in [9.17, 15) is 4.79 Å². The fourth-order valence-electron chi connectivity index (χ4n) is 3.05. The summed E-state index contributed by atoms with van der Waals surface area (Å²) in [6, 6.07) is 26.3. The van der Waals surface area contributed by atoms with Crippen LogP contribution in [-0.2, 0) is 0 Å². The van der Waals surface area contributed by atoms with Crippen molar-refractivity contribution in [2.45, 2.75) is 0 Å². The van der Waals surface area contributed by atoms with Gasteiger partial charge in [-0.1, -0.05) is 66.7 Å². The largest absolute Gasteiger partial charge is 0.296 e. The van der Waals surface area contributed by atoms with Gasteiger partial charge >= 0.3 is 0 Å². The number of para-hydroxylation sites is 1. The topological polar surface area (TPSA) is 54.9 Å². The molecule has 1 N–H and O–H groups in total. The number of carbonyl (C=O) groups is 1. The van der Waals surface area contributed by atoms with Crippen molar-refractivity contribution in [3.8, 4) is 22.4 Å². The van der Waals surface area contributed by atoms with Crippen LogP contribution in [0.2, 0.25) is 0 Å². The first-order chi connectivity index (χ1) is 14.3. The van der Waals surface area contributed by atoms with Gasteiger partial charge in [-0.2, -0.15) is 0 Å². The Hall–Kier alpha value is -3.35. The van der Waals surface area contributed by atoms with Gasteiger partial charge in [-0.25, -0.2) is 9.97 Å². The number of nitrogens with one attached hydrogen (secondary N) is 1. The molecule has 0 bridgehead atoms. The van der Waals surface area contributed by atoms with Gasteiger partial charge in [-0.3, -0.25) is 10.1 Å². The number of hydrogen-bond donors (Lipinski definition) is 1. The second-order valence-corrected chi connectivity index (χ2v) is 8.31. The summed E-state index contributed by atoms with van der Waals surface area (Å²) in [7, 11) is 0. The molecule has 2 aromatic heterocycles. The molecule has 4 nitrogen and oxygen atoms in total. The maximum Gasteiger partial charge on any atom is 0.286 e. The Morgan fingerprint density at radius 2 is 1.45 bits per heavy atom. The number of rotatable bonds is 4. The molecular formula is C23H15N3OS2. The third kappa shape index (κ3) is 3.68. The van der Waals surface area contributed by atoms with E-state index < -0.39 is 0 Å². The molecule has 0 unspecified atom stereocenters. The average molecular weight is 414 g/mol. The lowest BCUT2D eigenvalue weighted by Gasteiger charge is -2.03. The lowest BCUT2D eigenvalue weighted by atomic mass is 10.0. The minimum atomic E-state index is -0.230. The number of carbonyl (C=O) groups excluding carboxylic acids is 1. The van der Waals surface area contributed by atoms with Crippen LogP contribution in [0.15, 0.2) is 84.2 Å². The monoisotopic (exact) mass is 413 g/mol. The molecule has 0 aliphatic heterocycles. The van der Waals surface area contributed by atoms with Crippen molar-refractivity contribution in [1.82, 2.24) is 9.97 Å². The first-order valence-electron chi connectivity index (χ1n) is 9.04. The van der Waals surface area contributed by atoms with Crippen molar-refractivity contribution in [1.29, 1.82) is 0 Å². The maximum absolute atomic E-state index is 12.5. The van der Waals surface area contributed by atoms with Gasteiger partial charge < -0.3 is 0 Å². The number of thiazole rings is 2. The molecule has 0 aliphatic rings. The normalized spacial score (nSPS) is 10.9.